The zero-order chi connectivity index (χ0) is 14.1. The largest absolute Gasteiger partial charge is 0.494 e. The molecule has 3 nitrogen and oxygen atoms in total. The molecule has 4 heteroatoms. The molecule has 0 saturated carbocycles. The summed E-state index contributed by atoms with van der Waals surface area (Å²) >= 11 is 0. The number of fused-ring (bicyclic) bond motifs is 1. The van der Waals surface area contributed by atoms with Gasteiger partial charge in [-0.15, -0.1) is 0 Å². The van der Waals surface area contributed by atoms with Gasteiger partial charge in [0.25, 0.3) is 0 Å². The molecule has 0 amide bonds. The lowest BCUT2D eigenvalue weighted by atomic mass is 9.99. The number of para-hydroxylation sites is 1. The molecule has 1 aliphatic heterocycles. The number of aliphatic hydroxyl groups excluding tert-OH is 1. The van der Waals surface area contributed by atoms with E-state index in [4.69, 9.17) is 4.74 Å². The second kappa shape index (κ2) is 5.13. The Kier molecular flexibility index (Phi) is 3.32. The molecule has 0 bridgehead atoms. The maximum Gasteiger partial charge on any atom is 0.165 e. The summed E-state index contributed by atoms with van der Waals surface area (Å²) in [5, 5.41) is 13.7. The van der Waals surface area contributed by atoms with E-state index in [1.807, 2.05) is 24.3 Å². The van der Waals surface area contributed by atoms with Crippen LogP contribution in [0.4, 0.5) is 10.1 Å². The summed E-state index contributed by atoms with van der Waals surface area (Å²) in [6.45, 7) is 0. The van der Waals surface area contributed by atoms with Crippen molar-refractivity contribution in [2.75, 3.05) is 12.4 Å². The van der Waals surface area contributed by atoms with Crippen molar-refractivity contribution in [2.45, 2.75) is 18.6 Å². The number of nitrogens with one attached hydrogen (secondary N) is 1. The third kappa shape index (κ3) is 2.23. The highest BCUT2D eigenvalue weighted by atomic mass is 19.1. The quantitative estimate of drug-likeness (QED) is 0.903. The Bertz CT molecular complexity index is 605. The summed E-state index contributed by atoms with van der Waals surface area (Å²) in [4.78, 5) is 0. The summed E-state index contributed by atoms with van der Waals surface area (Å²) in [6.07, 6.45) is -0.0341. The van der Waals surface area contributed by atoms with Gasteiger partial charge in [-0.25, -0.2) is 4.39 Å². The van der Waals surface area contributed by atoms with Crippen LogP contribution >= 0.6 is 0 Å². The number of aliphatic hydroxyl groups is 1. The Morgan fingerprint density at radius 3 is 2.80 bits per heavy atom. The Morgan fingerprint density at radius 1 is 1.30 bits per heavy atom. The van der Waals surface area contributed by atoms with Gasteiger partial charge < -0.3 is 15.2 Å². The van der Waals surface area contributed by atoms with Crippen LogP contribution in [0.2, 0.25) is 0 Å². The van der Waals surface area contributed by atoms with Crippen molar-refractivity contribution >= 4 is 5.69 Å². The fourth-order valence-corrected chi connectivity index (χ4v) is 2.62. The Morgan fingerprint density at radius 2 is 2.10 bits per heavy atom. The Labute approximate surface area is 117 Å². The van der Waals surface area contributed by atoms with Gasteiger partial charge >= 0.3 is 0 Å². The van der Waals surface area contributed by atoms with Gasteiger partial charge in [0.1, 0.15) is 0 Å². The monoisotopic (exact) mass is 273 g/mol. The number of benzene rings is 2. The van der Waals surface area contributed by atoms with Crippen molar-refractivity contribution < 1.29 is 14.2 Å². The van der Waals surface area contributed by atoms with Crippen LogP contribution in [0.5, 0.6) is 5.75 Å². The van der Waals surface area contributed by atoms with E-state index < -0.39 is 11.9 Å². The average Bonchev–Trinajstić information content (AvgIpc) is 2.90. The van der Waals surface area contributed by atoms with Crippen molar-refractivity contribution in [1.82, 2.24) is 0 Å². The lowest BCUT2D eigenvalue weighted by molar-refractivity contribution is 0.156. The van der Waals surface area contributed by atoms with Crippen molar-refractivity contribution in [2.24, 2.45) is 0 Å². The molecule has 20 heavy (non-hydrogen) atoms. The maximum absolute atomic E-state index is 13.7. The Balaban J connectivity index is 1.81. The summed E-state index contributed by atoms with van der Waals surface area (Å²) < 4.78 is 18.6. The van der Waals surface area contributed by atoms with Gasteiger partial charge in [0.2, 0.25) is 0 Å². The third-order valence-corrected chi connectivity index (χ3v) is 3.70. The first-order valence-electron chi connectivity index (χ1n) is 6.55. The molecular formula is C16H16FNO2. The van der Waals surface area contributed by atoms with Gasteiger partial charge in [-0.05, 0) is 35.7 Å². The SMILES string of the molecule is COc1ccc(C(O)C2Cc3ccccc3N2)cc1F. The van der Waals surface area contributed by atoms with Gasteiger partial charge in [-0.3, -0.25) is 0 Å². The first kappa shape index (κ1) is 12.9. The molecule has 0 radical (unpaired) electrons. The standard InChI is InChI=1S/C16H16FNO2/c1-20-15-7-6-11(8-12(15)17)16(19)14-9-10-4-2-3-5-13(10)18-14/h2-8,14,16,18-19H,9H2,1H3. The van der Waals surface area contributed by atoms with Crippen LogP contribution in [-0.2, 0) is 6.42 Å². The minimum atomic E-state index is -0.761. The highest BCUT2D eigenvalue weighted by Crippen LogP contribution is 2.32. The number of ether oxygens (including phenoxy) is 1. The van der Waals surface area contributed by atoms with Crippen molar-refractivity contribution in [1.29, 1.82) is 0 Å². The number of anilines is 1. The molecule has 2 aromatic carbocycles. The summed E-state index contributed by atoms with van der Waals surface area (Å²) in [5.41, 5.74) is 2.75. The first-order valence-corrected chi connectivity index (χ1v) is 6.55. The Hall–Kier alpha value is -2.07. The molecule has 1 heterocycles. The van der Waals surface area contributed by atoms with Crippen LogP contribution in [0, 0.1) is 5.82 Å². The molecule has 2 unspecified atom stereocenters. The number of methoxy groups -OCH3 is 1. The molecule has 0 saturated heterocycles. The van der Waals surface area contributed by atoms with Gasteiger partial charge in [0.15, 0.2) is 11.6 Å². The van der Waals surface area contributed by atoms with Crippen LogP contribution < -0.4 is 10.1 Å². The molecule has 0 spiro atoms. The predicted molar refractivity (Wildman–Crippen MR) is 75.5 cm³/mol. The maximum atomic E-state index is 13.7. The number of rotatable bonds is 3. The lowest BCUT2D eigenvalue weighted by Crippen LogP contribution is -2.24. The number of halogens is 1. The van der Waals surface area contributed by atoms with Crippen LogP contribution in [0.25, 0.3) is 0 Å². The minimum absolute atomic E-state index is 0.139. The molecule has 2 aromatic rings. The van der Waals surface area contributed by atoms with Gasteiger partial charge in [0.05, 0.1) is 19.3 Å². The normalized spacial score (nSPS) is 18.2. The summed E-state index contributed by atoms with van der Waals surface area (Å²) in [5.74, 6) is -0.275. The minimum Gasteiger partial charge on any atom is -0.494 e. The van der Waals surface area contributed by atoms with Crippen molar-refractivity contribution in [3.05, 3.63) is 59.4 Å². The first-order chi connectivity index (χ1) is 9.69. The summed E-state index contributed by atoms with van der Waals surface area (Å²) in [7, 11) is 1.42. The fraction of sp³-hybridized carbons (Fsp3) is 0.250. The van der Waals surface area contributed by atoms with E-state index in [-0.39, 0.29) is 11.8 Å². The predicted octanol–water partition coefficient (Wildman–Crippen LogP) is 2.90. The van der Waals surface area contributed by atoms with Crippen LogP contribution in [0.1, 0.15) is 17.2 Å². The van der Waals surface area contributed by atoms with Gasteiger partial charge in [0, 0.05) is 5.69 Å². The summed E-state index contributed by atoms with van der Waals surface area (Å²) in [6, 6.07) is 12.4. The average molecular weight is 273 g/mol. The molecule has 0 aromatic heterocycles. The van der Waals surface area contributed by atoms with Crippen LogP contribution in [0.15, 0.2) is 42.5 Å². The molecule has 0 fully saturated rings. The molecule has 0 aliphatic carbocycles. The van der Waals surface area contributed by atoms with Gasteiger partial charge in [-0.1, -0.05) is 24.3 Å². The van der Waals surface area contributed by atoms with E-state index in [1.165, 1.54) is 24.8 Å². The van der Waals surface area contributed by atoms with Crippen LogP contribution in [-0.4, -0.2) is 18.3 Å². The lowest BCUT2D eigenvalue weighted by Gasteiger charge is -2.19. The third-order valence-electron chi connectivity index (χ3n) is 3.70. The molecule has 104 valence electrons. The van der Waals surface area contributed by atoms with E-state index in [0.717, 1.165) is 12.1 Å². The second-order valence-electron chi connectivity index (χ2n) is 4.95. The highest BCUT2D eigenvalue weighted by Gasteiger charge is 2.28. The van der Waals surface area contributed by atoms with E-state index in [9.17, 15) is 9.50 Å². The van der Waals surface area contributed by atoms with E-state index >= 15 is 0 Å². The molecular weight excluding hydrogens is 257 g/mol. The zero-order valence-electron chi connectivity index (χ0n) is 11.1. The van der Waals surface area contributed by atoms with E-state index in [0.29, 0.717) is 5.56 Å². The number of hydrogen-bond acceptors (Lipinski definition) is 3. The van der Waals surface area contributed by atoms with Gasteiger partial charge in [-0.2, -0.15) is 0 Å². The zero-order valence-corrected chi connectivity index (χ0v) is 11.1. The van der Waals surface area contributed by atoms with E-state index in [2.05, 4.69) is 5.32 Å². The second-order valence-corrected chi connectivity index (χ2v) is 4.95. The van der Waals surface area contributed by atoms with Crippen molar-refractivity contribution in [3.63, 3.8) is 0 Å². The number of hydrogen-bond donors (Lipinski definition) is 2. The fourth-order valence-electron chi connectivity index (χ4n) is 2.62. The van der Waals surface area contributed by atoms with E-state index in [1.54, 1.807) is 6.07 Å². The highest BCUT2D eigenvalue weighted by molar-refractivity contribution is 5.57. The molecule has 2 N–H and O–H groups in total. The smallest absolute Gasteiger partial charge is 0.165 e. The molecule has 1 aliphatic rings. The molecule has 3 rings (SSSR count). The topological polar surface area (TPSA) is 41.5 Å². The van der Waals surface area contributed by atoms with Crippen LogP contribution in [0.3, 0.4) is 0 Å². The molecule has 2 atom stereocenters. The van der Waals surface area contributed by atoms with Crippen molar-refractivity contribution in [3.8, 4) is 5.75 Å².